The fraction of sp³-hybridized carbons (Fsp3) is 0.381. The molecular formula is C21H27ClN2O4S. The number of nitrogens with zero attached hydrogens (tertiary/aromatic N) is 1. The Morgan fingerprint density at radius 3 is 2.55 bits per heavy atom. The van der Waals surface area contributed by atoms with E-state index in [1.165, 1.54) is 0 Å². The second-order valence-electron chi connectivity index (χ2n) is 6.67. The third-order valence-corrected chi connectivity index (χ3v) is 5.92. The number of carbonyl (C=O) groups excluding carboxylic acids is 1. The molecule has 0 unspecified atom stereocenters. The van der Waals surface area contributed by atoms with Crippen molar-refractivity contribution in [3.8, 4) is 5.75 Å². The first-order chi connectivity index (χ1) is 13.8. The van der Waals surface area contributed by atoms with E-state index in [1.807, 2.05) is 24.3 Å². The summed E-state index contributed by atoms with van der Waals surface area (Å²) in [7, 11) is -2.05. The molecule has 158 valence electrons. The van der Waals surface area contributed by atoms with Gasteiger partial charge in [-0.25, -0.2) is 8.42 Å². The quantitative estimate of drug-likeness (QED) is 0.574. The van der Waals surface area contributed by atoms with E-state index in [9.17, 15) is 13.2 Å². The van der Waals surface area contributed by atoms with Gasteiger partial charge in [-0.15, -0.1) is 0 Å². The first-order valence-corrected chi connectivity index (χ1v) is 11.6. The second kappa shape index (κ2) is 10.5. The number of rotatable bonds is 10. The van der Waals surface area contributed by atoms with Crippen LogP contribution in [0.5, 0.6) is 5.75 Å². The summed E-state index contributed by atoms with van der Waals surface area (Å²) in [5.41, 5.74) is 1.43. The fourth-order valence-corrected chi connectivity index (χ4v) is 4.58. The number of sulfonamides is 1. The van der Waals surface area contributed by atoms with Gasteiger partial charge in [-0.05, 0) is 49.1 Å². The molecule has 0 aliphatic heterocycles. The molecule has 29 heavy (non-hydrogen) atoms. The number of para-hydroxylation sites is 1. The van der Waals surface area contributed by atoms with Crippen molar-refractivity contribution in [1.29, 1.82) is 0 Å². The summed E-state index contributed by atoms with van der Waals surface area (Å²) in [5.74, 6) is 0.479. The van der Waals surface area contributed by atoms with Gasteiger partial charge < -0.3 is 10.1 Å². The molecule has 0 fully saturated rings. The maximum atomic E-state index is 12.8. The van der Waals surface area contributed by atoms with Crippen LogP contribution in [0, 0.1) is 0 Å². The maximum Gasteiger partial charge on any atom is 0.243 e. The lowest BCUT2D eigenvalue weighted by atomic mass is 10.1. The minimum absolute atomic E-state index is 0.331. The highest BCUT2D eigenvalue weighted by molar-refractivity contribution is 7.92. The molecule has 0 aliphatic carbocycles. The van der Waals surface area contributed by atoms with Gasteiger partial charge in [0, 0.05) is 11.6 Å². The number of amides is 1. The van der Waals surface area contributed by atoms with Gasteiger partial charge in [0.25, 0.3) is 0 Å². The number of aryl methyl sites for hydroxylation is 1. The lowest BCUT2D eigenvalue weighted by Gasteiger charge is -2.30. The molecule has 1 atom stereocenters. The van der Waals surface area contributed by atoms with Crippen LogP contribution in [0.4, 0.5) is 5.69 Å². The topological polar surface area (TPSA) is 75.7 Å². The average Bonchev–Trinajstić information content (AvgIpc) is 2.68. The van der Waals surface area contributed by atoms with E-state index in [4.69, 9.17) is 16.3 Å². The number of hydrogen-bond donors (Lipinski definition) is 1. The Balaban J connectivity index is 2.06. The molecule has 1 N–H and O–H groups in total. The van der Waals surface area contributed by atoms with E-state index in [-0.39, 0.29) is 5.91 Å². The molecule has 1 amide bonds. The predicted molar refractivity (Wildman–Crippen MR) is 117 cm³/mol. The molecule has 0 aromatic heterocycles. The van der Waals surface area contributed by atoms with E-state index >= 15 is 0 Å². The van der Waals surface area contributed by atoms with Crippen LogP contribution in [0.2, 0.25) is 5.02 Å². The van der Waals surface area contributed by atoms with Crippen molar-refractivity contribution < 1.29 is 17.9 Å². The highest BCUT2D eigenvalue weighted by Gasteiger charge is 2.31. The molecule has 0 aliphatic rings. The Kier molecular flexibility index (Phi) is 8.34. The van der Waals surface area contributed by atoms with E-state index in [0.29, 0.717) is 30.1 Å². The number of hydrogen-bond acceptors (Lipinski definition) is 4. The average molecular weight is 439 g/mol. The highest BCUT2D eigenvalue weighted by atomic mass is 35.5. The molecule has 0 spiro atoms. The number of nitrogens with one attached hydrogen (secondary N) is 1. The van der Waals surface area contributed by atoms with Crippen LogP contribution in [0.3, 0.4) is 0 Å². The smallest absolute Gasteiger partial charge is 0.243 e. The van der Waals surface area contributed by atoms with Gasteiger partial charge in [0.1, 0.15) is 11.8 Å². The van der Waals surface area contributed by atoms with Crippen molar-refractivity contribution >= 4 is 33.2 Å². The van der Waals surface area contributed by atoms with Crippen molar-refractivity contribution in [2.24, 2.45) is 0 Å². The van der Waals surface area contributed by atoms with Crippen LogP contribution in [0.15, 0.2) is 48.5 Å². The van der Waals surface area contributed by atoms with E-state index in [0.717, 1.165) is 28.3 Å². The Morgan fingerprint density at radius 2 is 1.93 bits per heavy atom. The summed E-state index contributed by atoms with van der Waals surface area (Å²) >= 11 is 6.02. The normalized spacial score (nSPS) is 12.3. The van der Waals surface area contributed by atoms with Gasteiger partial charge in [-0.3, -0.25) is 9.10 Å². The molecule has 2 aromatic rings. The van der Waals surface area contributed by atoms with Crippen molar-refractivity contribution in [2.75, 3.05) is 24.2 Å². The van der Waals surface area contributed by atoms with Crippen LogP contribution < -0.4 is 14.4 Å². The number of carbonyl (C=O) groups is 1. The standard InChI is InChI=1S/C21H27ClN2O4S/c1-4-19(24(29(3,26)27)18-12-7-11-17(22)15-18)21(25)23-14-8-10-16-9-5-6-13-20(16)28-2/h5-7,9,11-13,15,19H,4,8,10,14H2,1-3H3,(H,23,25)/t19-/m0/s1. The summed E-state index contributed by atoms with van der Waals surface area (Å²) in [4.78, 5) is 12.8. The fourth-order valence-electron chi connectivity index (χ4n) is 3.19. The monoisotopic (exact) mass is 438 g/mol. The molecule has 0 heterocycles. The van der Waals surface area contributed by atoms with Gasteiger partial charge in [-0.1, -0.05) is 42.8 Å². The van der Waals surface area contributed by atoms with Gasteiger partial charge in [-0.2, -0.15) is 0 Å². The summed E-state index contributed by atoms with van der Waals surface area (Å²) in [5, 5.41) is 3.27. The lowest BCUT2D eigenvalue weighted by Crippen LogP contribution is -2.49. The molecular weight excluding hydrogens is 412 g/mol. The van der Waals surface area contributed by atoms with Crippen LogP contribution in [0.1, 0.15) is 25.3 Å². The summed E-state index contributed by atoms with van der Waals surface area (Å²) in [6, 6.07) is 13.4. The van der Waals surface area contributed by atoms with Crippen molar-refractivity contribution in [1.82, 2.24) is 5.32 Å². The maximum absolute atomic E-state index is 12.8. The van der Waals surface area contributed by atoms with Crippen molar-refractivity contribution in [3.63, 3.8) is 0 Å². The predicted octanol–water partition coefficient (Wildman–Crippen LogP) is 3.64. The molecule has 2 aromatic carbocycles. The SMILES string of the molecule is CC[C@@H](C(=O)NCCCc1ccccc1OC)N(c1cccc(Cl)c1)S(C)(=O)=O. The Labute approximate surface area is 177 Å². The molecule has 0 bridgehead atoms. The molecule has 0 saturated heterocycles. The molecule has 2 rings (SSSR count). The second-order valence-corrected chi connectivity index (χ2v) is 8.97. The van der Waals surface area contributed by atoms with E-state index in [1.54, 1.807) is 38.3 Å². The van der Waals surface area contributed by atoms with E-state index in [2.05, 4.69) is 5.32 Å². The van der Waals surface area contributed by atoms with E-state index < -0.39 is 16.1 Å². The molecule has 6 nitrogen and oxygen atoms in total. The van der Waals surface area contributed by atoms with Crippen molar-refractivity contribution in [3.05, 3.63) is 59.1 Å². The number of benzene rings is 2. The first kappa shape index (κ1) is 23.0. The molecule has 0 radical (unpaired) electrons. The minimum Gasteiger partial charge on any atom is -0.496 e. The summed E-state index contributed by atoms with van der Waals surface area (Å²) in [6.07, 6.45) is 2.87. The lowest BCUT2D eigenvalue weighted by molar-refractivity contribution is -0.122. The Hall–Kier alpha value is -2.25. The number of methoxy groups -OCH3 is 1. The number of halogens is 1. The minimum atomic E-state index is -3.68. The third-order valence-electron chi connectivity index (χ3n) is 4.51. The van der Waals surface area contributed by atoms with Crippen LogP contribution in [0.25, 0.3) is 0 Å². The number of anilines is 1. The zero-order chi connectivity index (χ0) is 21.4. The molecule has 0 saturated carbocycles. The summed E-state index contributed by atoms with van der Waals surface area (Å²) < 4.78 is 31.3. The van der Waals surface area contributed by atoms with Gasteiger partial charge in [0.15, 0.2) is 0 Å². The summed E-state index contributed by atoms with van der Waals surface area (Å²) in [6.45, 7) is 2.21. The number of ether oxygens (including phenoxy) is 1. The zero-order valence-electron chi connectivity index (χ0n) is 16.9. The van der Waals surface area contributed by atoms with Gasteiger partial charge in [0.2, 0.25) is 15.9 Å². The van der Waals surface area contributed by atoms with Gasteiger partial charge >= 0.3 is 0 Å². The Bertz CT molecular complexity index is 934. The van der Waals surface area contributed by atoms with Crippen LogP contribution >= 0.6 is 11.6 Å². The highest BCUT2D eigenvalue weighted by Crippen LogP contribution is 2.25. The third kappa shape index (κ3) is 6.37. The van der Waals surface area contributed by atoms with Crippen molar-refractivity contribution in [2.45, 2.75) is 32.2 Å². The zero-order valence-corrected chi connectivity index (χ0v) is 18.5. The molecule has 8 heteroatoms. The first-order valence-electron chi connectivity index (χ1n) is 9.42. The van der Waals surface area contributed by atoms with Gasteiger partial charge in [0.05, 0.1) is 19.1 Å². The van der Waals surface area contributed by atoms with Crippen LogP contribution in [-0.2, 0) is 21.2 Å². The Morgan fingerprint density at radius 1 is 1.21 bits per heavy atom. The van der Waals surface area contributed by atoms with Crippen LogP contribution in [-0.4, -0.2) is 40.3 Å². The largest absolute Gasteiger partial charge is 0.496 e.